The van der Waals surface area contributed by atoms with Crippen LogP contribution in [-0.4, -0.2) is 35.1 Å². The van der Waals surface area contributed by atoms with Crippen LogP contribution in [0.5, 0.6) is 5.75 Å². The third-order valence-corrected chi connectivity index (χ3v) is 3.89. The summed E-state index contributed by atoms with van der Waals surface area (Å²) in [6.45, 7) is 6.03. The molecule has 0 aliphatic rings. The Bertz CT molecular complexity index is 604. The van der Waals surface area contributed by atoms with Crippen molar-refractivity contribution in [3.63, 3.8) is 0 Å². The number of fused-ring (bicyclic) bond motifs is 1. The van der Waals surface area contributed by atoms with Crippen molar-refractivity contribution in [3.8, 4) is 5.75 Å². The molecular weight excluding hydrogens is 270 g/mol. The highest BCUT2D eigenvalue weighted by Crippen LogP contribution is 2.31. The minimum absolute atomic E-state index is 0.0548. The smallest absolute Gasteiger partial charge is 0.119 e. The number of thiocarbonyl (C=S) groups is 1. The van der Waals surface area contributed by atoms with Crippen molar-refractivity contribution in [1.29, 1.82) is 0 Å². The maximum absolute atomic E-state index is 5.99. The maximum Gasteiger partial charge on any atom is 0.119 e. The molecule has 3 N–H and O–H groups in total. The van der Waals surface area contributed by atoms with Crippen LogP contribution in [0.4, 0.5) is 0 Å². The van der Waals surface area contributed by atoms with Gasteiger partial charge in [-0.15, -0.1) is 0 Å². The topological polar surface area (TPSA) is 54.3 Å². The summed E-state index contributed by atoms with van der Waals surface area (Å²) < 4.78 is 5.31. The van der Waals surface area contributed by atoms with Crippen molar-refractivity contribution >= 4 is 28.1 Å². The van der Waals surface area contributed by atoms with E-state index in [1.54, 1.807) is 7.11 Å². The number of ether oxygens (including phenoxy) is 1. The molecule has 1 unspecified atom stereocenters. The lowest BCUT2D eigenvalue weighted by atomic mass is 10.0. The predicted molar refractivity (Wildman–Crippen MR) is 87.3 cm³/mol. The molecule has 2 aromatic rings. The molecule has 2 rings (SSSR count). The third-order valence-electron chi connectivity index (χ3n) is 3.66. The molecule has 0 fully saturated rings. The van der Waals surface area contributed by atoms with Crippen molar-refractivity contribution in [2.75, 3.05) is 20.2 Å². The number of nitrogens with zero attached hydrogens (tertiary/aromatic N) is 1. The van der Waals surface area contributed by atoms with E-state index in [1.807, 2.05) is 24.4 Å². The second kappa shape index (κ2) is 6.24. The summed E-state index contributed by atoms with van der Waals surface area (Å²) >= 11 is 5.29. The summed E-state index contributed by atoms with van der Waals surface area (Å²) in [4.78, 5) is 6.03. The van der Waals surface area contributed by atoms with E-state index in [4.69, 9.17) is 22.7 Å². The second-order valence-corrected chi connectivity index (χ2v) is 5.15. The van der Waals surface area contributed by atoms with Gasteiger partial charge in [-0.05, 0) is 31.3 Å². The van der Waals surface area contributed by atoms with Gasteiger partial charge in [0.2, 0.25) is 0 Å². The van der Waals surface area contributed by atoms with Crippen LogP contribution < -0.4 is 10.5 Å². The van der Waals surface area contributed by atoms with Gasteiger partial charge >= 0.3 is 0 Å². The van der Waals surface area contributed by atoms with E-state index < -0.39 is 0 Å². The standard InChI is InChI=1S/C15H21N3OS/c1-4-18(5-2)14(15(16)20)12-9-17-13-7-6-10(19-3)8-11(12)13/h6-9,14,17H,4-5H2,1-3H3,(H2,16,20). The summed E-state index contributed by atoms with van der Waals surface area (Å²) in [5, 5.41) is 1.11. The summed E-state index contributed by atoms with van der Waals surface area (Å²) in [5.41, 5.74) is 8.16. The molecule has 1 aromatic heterocycles. The lowest BCUT2D eigenvalue weighted by Gasteiger charge is -2.28. The zero-order valence-corrected chi connectivity index (χ0v) is 13.0. The van der Waals surface area contributed by atoms with Gasteiger partial charge in [0, 0.05) is 22.7 Å². The van der Waals surface area contributed by atoms with Crippen molar-refractivity contribution in [1.82, 2.24) is 9.88 Å². The molecule has 0 amide bonds. The molecule has 0 bridgehead atoms. The Labute approximate surface area is 124 Å². The van der Waals surface area contributed by atoms with E-state index in [2.05, 4.69) is 23.7 Å². The fourth-order valence-corrected chi connectivity index (χ4v) is 2.87. The minimum atomic E-state index is -0.0548. The lowest BCUT2D eigenvalue weighted by molar-refractivity contribution is 0.273. The highest BCUT2D eigenvalue weighted by atomic mass is 32.1. The molecule has 20 heavy (non-hydrogen) atoms. The van der Waals surface area contributed by atoms with Crippen molar-refractivity contribution < 1.29 is 4.74 Å². The fraction of sp³-hybridized carbons (Fsp3) is 0.400. The summed E-state index contributed by atoms with van der Waals surface area (Å²) in [6.07, 6.45) is 1.99. The summed E-state index contributed by atoms with van der Waals surface area (Å²) in [6, 6.07) is 5.92. The molecule has 0 radical (unpaired) electrons. The van der Waals surface area contributed by atoms with Gasteiger partial charge in [0.05, 0.1) is 18.1 Å². The van der Waals surface area contributed by atoms with Crippen molar-refractivity contribution in [2.24, 2.45) is 5.73 Å². The minimum Gasteiger partial charge on any atom is -0.497 e. The van der Waals surface area contributed by atoms with E-state index in [0.29, 0.717) is 4.99 Å². The van der Waals surface area contributed by atoms with Crippen LogP contribution in [0.15, 0.2) is 24.4 Å². The Morgan fingerprint density at radius 2 is 2.10 bits per heavy atom. The highest BCUT2D eigenvalue weighted by molar-refractivity contribution is 7.80. The van der Waals surface area contributed by atoms with Gasteiger partial charge in [-0.2, -0.15) is 0 Å². The number of rotatable bonds is 6. The molecule has 0 saturated carbocycles. The quantitative estimate of drug-likeness (QED) is 0.804. The van der Waals surface area contributed by atoms with E-state index in [-0.39, 0.29) is 6.04 Å². The van der Waals surface area contributed by atoms with E-state index in [0.717, 1.165) is 35.3 Å². The Morgan fingerprint density at radius 3 is 2.65 bits per heavy atom. The molecule has 108 valence electrons. The molecular formula is C15H21N3OS. The highest BCUT2D eigenvalue weighted by Gasteiger charge is 2.23. The zero-order valence-electron chi connectivity index (χ0n) is 12.1. The monoisotopic (exact) mass is 291 g/mol. The lowest BCUT2D eigenvalue weighted by Crippen LogP contribution is -2.36. The Morgan fingerprint density at radius 1 is 1.40 bits per heavy atom. The molecule has 0 spiro atoms. The van der Waals surface area contributed by atoms with Crippen molar-refractivity contribution in [3.05, 3.63) is 30.0 Å². The Kier molecular flexibility index (Phi) is 4.62. The van der Waals surface area contributed by atoms with Crippen LogP contribution in [0.2, 0.25) is 0 Å². The molecule has 1 atom stereocenters. The van der Waals surface area contributed by atoms with Gasteiger partial charge in [0.15, 0.2) is 0 Å². The summed E-state index contributed by atoms with van der Waals surface area (Å²) in [5.74, 6) is 0.833. The largest absolute Gasteiger partial charge is 0.497 e. The number of aromatic amines is 1. The number of likely N-dealkylation sites (N-methyl/N-ethyl adjacent to an activating group) is 1. The zero-order chi connectivity index (χ0) is 14.7. The normalized spacial score (nSPS) is 12.8. The van der Waals surface area contributed by atoms with Crippen LogP contribution in [0.1, 0.15) is 25.5 Å². The molecule has 1 aromatic carbocycles. The second-order valence-electron chi connectivity index (χ2n) is 4.68. The average Bonchev–Trinajstić information content (AvgIpc) is 2.86. The first-order chi connectivity index (χ1) is 9.62. The number of H-pyrrole nitrogens is 1. The van der Waals surface area contributed by atoms with Crippen LogP contribution in [0, 0.1) is 0 Å². The Balaban J connectivity index is 2.55. The third kappa shape index (κ3) is 2.64. The number of hydrogen-bond donors (Lipinski definition) is 2. The Hall–Kier alpha value is -1.59. The molecule has 4 nitrogen and oxygen atoms in total. The van der Waals surface area contributed by atoms with Crippen molar-refractivity contribution in [2.45, 2.75) is 19.9 Å². The molecule has 0 aliphatic heterocycles. The van der Waals surface area contributed by atoms with Gasteiger partial charge in [0.1, 0.15) is 5.75 Å². The molecule has 5 heteroatoms. The molecule has 0 saturated heterocycles. The van der Waals surface area contributed by atoms with Gasteiger partial charge in [-0.1, -0.05) is 26.1 Å². The number of nitrogens with one attached hydrogen (secondary N) is 1. The maximum atomic E-state index is 5.99. The van der Waals surface area contributed by atoms with E-state index in [9.17, 15) is 0 Å². The van der Waals surface area contributed by atoms with E-state index >= 15 is 0 Å². The van der Waals surface area contributed by atoms with Crippen LogP contribution in [-0.2, 0) is 0 Å². The first-order valence-corrected chi connectivity index (χ1v) is 7.21. The fourth-order valence-electron chi connectivity index (χ4n) is 2.59. The first-order valence-electron chi connectivity index (χ1n) is 6.80. The summed E-state index contributed by atoms with van der Waals surface area (Å²) in [7, 11) is 1.67. The van der Waals surface area contributed by atoms with Crippen LogP contribution in [0.3, 0.4) is 0 Å². The van der Waals surface area contributed by atoms with E-state index in [1.165, 1.54) is 0 Å². The van der Waals surface area contributed by atoms with Gasteiger partial charge in [-0.3, -0.25) is 4.90 Å². The van der Waals surface area contributed by atoms with Gasteiger partial charge in [0.25, 0.3) is 0 Å². The average molecular weight is 291 g/mol. The van der Waals surface area contributed by atoms with Gasteiger partial charge in [-0.25, -0.2) is 0 Å². The predicted octanol–water partition coefficient (Wildman–Crippen LogP) is 2.85. The molecule has 1 heterocycles. The number of nitrogens with two attached hydrogens (primary N) is 1. The van der Waals surface area contributed by atoms with Gasteiger partial charge < -0.3 is 15.5 Å². The number of aromatic nitrogens is 1. The first kappa shape index (κ1) is 14.8. The number of hydrogen-bond acceptors (Lipinski definition) is 3. The molecule has 0 aliphatic carbocycles. The number of methoxy groups -OCH3 is 1. The van der Waals surface area contributed by atoms with Crippen LogP contribution in [0.25, 0.3) is 10.9 Å². The SMILES string of the molecule is CCN(CC)C(C(N)=S)c1c[nH]c2ccc(OC)cc12. The van der Waals surface area contributed by atoms with Crippen LogP contribution >= 0.6 is 12.2 Å². The number of benzene rings is 1.